The van der Waals surface area contributed by atoms with E-state index in [9.17, 15) is 11.5 Å². The molecule has 86 valence electrons. The SMILES string of the molecule is O.O=[Se]1[O][Ga]([O][Se](=O)[O][Ga]2[O][Se](=O)[O]2)[O]1. The van der Waals surface area contributed by atoms with Crippen LogP contribution in [0.2, 0.25) is 0 Å². The van der Waals surface area contributed by atoms with E-state index in [2.05, 4.69) is 10.4 Å². The Hall–Kier alpha value is 1.95. The van der Waals surface area contributed by atoms with E-state index in [0.29, 0.717) is 0 Å². The standard InChI is InChI=1S/2Ga.3H2O3Se.H2O/c;;3*1-4(2)3;/h;;3*(H2,1,2,3);1H2/q2*+3;;;;/p-6. The molecule has 2 heterocycles. The maximum atomic E-state index is 11.0. The maximum absolute atomic E-state index is 11.0. The van der Waals surface area contributed by atoms with Crippen LogP contribution in [0.4, 0.5) is 0 Å². The number of hydrogen-bond donors (Lipinski definition) is 0. The molecule has 2 rings (SSSR count). The Bertz CT molecular complexity index is 257. The van der Waals surface area contributed by atoms with Crippen molar-refractivity contribution in [3.05, 3.63) is 0 Å². The molecule has 0 aromatic rings. The fourth-order valence-corrected chi connectivity index (χ4v) is 23.0. The summed E-state index contributed by atoms with van der Waals surface area (Å²) in [4.78, 5) is 0. The Morgan fingerprint density at radius 2 is 1.27 bits per heavy atom. The molecule has 15 heavy (non-hydrogen) atoms. The molecule has 0 atom stereocenters. The third-order valence-electron chi connectivity index (χ3n) is 0.943. The van der Waals surface area contributed by atoms with E-state index in [1.807, 2.05) is 0 Å². The first-order valence-electron chi connectivity index (χ1n) is 2.91. The molecule has 2 aliphatic rings. The van der Waals surface area contributed by atoms with Crippen molar-refractivity contribution < 1.29 is 32.6 Å². The van der Waals surface area contributed by atoms with Crippen molar-refractivity contribution in [1.82, 2.24) is 0 Å². The van der Waals surface area contributed by atoms with Crippen molar-refractivity contribution in [3.63, 3.8) is 0 Å². The summed E-state index contributed by atoms with van der Waals surface area (Å²) >= 11 is -14.0. The molecule has 0 radical (unpaired) electrons. The molecule has 2 fully saturated rings. The minimum atomic E-state index is -3.00. The molecule has 15 heteroatoms. The molecule has 0 bridgehead atoms. The monoisotopic (exact) mass is 540 g/mol. The summed E-state index contributed by atoms with van der Waals surface area (Å²) in [7, 11) is 0. The number of hydrogen-bond acceptors (Lipinski definition) is 9. The summed E-state index contributed by atoms with van der Waals surface area (Å²) in [5, 5.41) is 0. The molecular weight excluding hydrogens is 536 g/mol. The van der Waals surface area contributed by atoms with Gasteiger partial charge in [0, 0.05) is 0 Å². The summed E-state index contributed by atoms with van der Waals surface area (Å²) in [5.74, 6) is 0. The molecular formula is H2Ga2O10Se3. The zero-order valence-electron chi connectivity index (χ0n) is 6.55. The van der Waals surface area contributed by atoms with Crippen LogP contribution >= 0.6 is 0 Å². The Kier molecular flexibility index (Phi) is 6.77. The predicted octanol–water partition coefficient (Wildman–Crippen LogP) is -3.50. The molecule has 0 amide bonds. The second kappa shape index (κ2) is 6.77. The van der Waals surface area contributed by atoms with Gasteiger partial charge in [0.1, 0.15) is 0 Å². The third kappa shape index (κ3) is 4.61. The second-order valence-corrected chi connectivity index (χ2v) is 21.8. The van der Waals surface area contributed by atoms with E-state index in [1.54, 1.807) is 0 Å². The molecule has 0 aliphatic carbocycles. The van der Waals surface area contributed by atoms with Crippen molar-refractivity contribution in [1.29, 1.82) is 0 Å². The normalized spacial score (nSPS) is 22.2. The van der Waals surface area contributed by atoms with Crippen LogP contribution in [-0.4, -0.2) is 83.6 Å². The zero-order valence-corrected chi connectivity index (χ0v) is 16.5. The third-order valence-corrected chi connectivity index (χ3v) is 25.5. The van der Waals surface area contributed by atoms with Crippen LogP contribution in [0.25, 0.3) is 0 Å². The Balaban J connectivity index is 0.00000112. The van der Waals surface area contributed by atoms with Crippen molar-refractivity contribution in [2.24, 2.45) is 0 Å². The average molecular weight is 538 g/mol. The van der Waals surface area contributed by atoms with Crippen molar-refractivity contribution >= 4 is 78.1 Å². The first kappa shape index (κ1) is 15.0. The fraction of sp³-hybridized carbons (Fsp3) is 0. The Morgan fingerprint density at radius 1 is 0.933 bits per heavy atom. The van der Waals surface area contributed by atoms with Gasteiger partial charge in [0.05, 0.1) is 0 Å². The van der Waals surface area contributed by atoms with Gasteiger partial charge in [-0.2, -0.15) is 0 Å². The van der Waals surface area contributed by atoms with E-state index in [4.69, 9.17) is 5.22 Å². The van der Waals surface area contributed by atoms with Crippen LogP contribution in [0.1, 0.15) is 0 Å². The molecule has 0 saturated carbocycles. The first-order valence-corrected chi connectivity index (χ1v) is 15.1. The quantitative estimate of drug-likeness (QED) is 0.334. The molecule has 2 saturated heterocycles. The van der Waals surface area contributed by atoms with E-state index in [0.717, 1.165) is 0 Å². The van der Waals surface area contributed by atoms with Gasteiger partial charge in [-0.15, -0.1) is 0 Å². The van der Waals surface area contributed by atoms with Gasteiger partial charge in [-0.3, -0.25) is 0 Å². The summed E-state index contributed by atoms with van der Waals surface area (Å²) in [6.45, 7) is 0. The van der Waals surface area contributed by atoms with Crippen molar-refractivity contribution in [2.45, 2.75) is 0 Å². The van der Waals surface area contributed by atoms with E-state index in [1.165, 1.54) is 0 Å². The minimum absolute atomic E-state index is 0. The average Bonchev–Trinajstić information content (AvgIpc) is 1.98. The molecule has 0 aromatic heterocycles. The Labute approximate surface area is 110 Å². The van der Waals surface area contributed by atoms with Crippen molar-refractivity contribution in [3.8, 4) is 0 Å². The Morgan fingerprint density at radius 3 is 1.53 bits per heavy atom. The molecule has 0 unspecified atom stereocenters. The van der Waals surface area contributed by atoms with E-state index in [-0.39, 0.29) is 5.48 Å². The second-order valence-electron chi connectivity index (χ2n) is 1.77. The first-order chi connectivity index (χ1) is 6.63. The van der Waals surface area contributed by atoms with Crippen LogP contribution in [0.3, 0.4) is 0 Å². The van der Waals surface area contributed by atoms with Crippen LogP contribution in [0, 0.1) is 0 Å². The van der Waals surface area contributed by atoms with Gasteiger partial charge < -0.3 is 5.48 Å². The van der Waals surface area contributed by atoms with Gasteiger partial charge in [-0.1, -0.05) is 0 Å². The van der Waals surface area contributed by atoms with Gasteiger partial charge in [-0.25, -0.2) is 0 Å². The van der Waals surface area contributed by atoms with Crippen LogP contribution < -0.4 is 0 Å². The zero-order chi connectivity index (χ0) is 10.1. The summed E-state index contributed by atoms with van der Waals surface area (Å²) in [6.07, 6.45) is 0. The molecule has 0 spiro atoms. The fourth-order valence-electron chi connectivity index (χ4n) is 0.486. The summed E-state index contributed by atoms with van der Waals surface area (Å²) < 4.78 is 59.6. The summed E-state index contributed by atoms with van der Waals surface area (Å²) in [5.41, 5.74) is 0. The van der Waals surface area contributed by atoms with Gasteiger partial charge in [0.2, 0.25) is 0 Å². The number of rotatable bonds is 4. The molecule has 0 aromatic carbocycles. The molecule has 2 N–H and O–H groups in total. The van der Waals surface area contributed by atoms with E-state index >= 15 is 0 Å². The van der Waals surface area contributed by atoms with Gasteiger partial charge in [0.25, 0.3) is 0 Å². The van der Waals surface area contributed by atoms with Gasteiger partial charge >= 0.3 is 105 Å². The topological polar surface area (TPSA) is 138 Å². The molecule has 10 nitrogen and oxygen atoms in total. The summed E-state index contributed by atoms with van der Waals surface area (Å²) in [6, 6.07) is 0. The van der Waals surface area contributed by atoms with Crippen LogP contribution in [0.15, 0.2) is 0 Å². The predicted molar refractivity (Wildman–Crippen MR) is 41.0 cm³/mol. The van der Waals surface area contributed by atoms with Crippen molar-refractivity contribution in [2.75, 3.05) is 0 Å². The van der Waals surface area contributed by atoms with Gasteiger partial charge in [-0.05, 0) is 0 Å². The van der Waals surface area contributed by atoms with Crippen LogP contribution in [-0.2, 0) is 27.2 Å². The van der Waals surface area contributed by atoms with E-state index < -0.39 is 78.1 Å². The molecule has 2 aliphatic heterocycles. The van der Waals surface area contributed by atoms with Crippen LogP contribution in [0.5, 0.6) is 0 Å². The van der Waals surface area contributed by atoms with Gasteiger partial charge in [0.15, 0.2) is 0 Å².